The molecule has 0 aliphatic carbocycles. The summed E-state index contributed by atoms with van der Waals surface area (Å²) in [5.41, 5.74) is 3.42. The molecule has 1 aromatic carbocycles. The van der Waals surface area contributed by atoms with Gasteiger partial charge in [-0.2, -0.15) is 0 Å². The lowest BCUT2D eigenvalue weighted by molar-refractivity contribution is 0.818. The molecule has 0 bridgehead atoms. The van der Waals surface area contributed by atoms with E-state index in [1.807, 2.05) is 25.0 Å². The fraction of sp³-hybridized carbons (Fsp3) is 0.300. The Labute approximate surface area is 91.3 Å². The van der Waals surface area contributed by atoms with E-state index in [2.05, 4.69) is 38.4 Å². The first-order valence-electron chi connectivity index (χ1n) is 4.46. The van der Waals surface area contributed by atoms with Crippen LogP contribution in [0, 0.1) is 0 Å². The molecule has 0 radical (unpaired) electrons. The van der Waals surface area contributed by atoms with Crippen molar-refractivity contribution in [1.82, 2.24) is 14.9 Å². The van der Waals surface area contributed by atoms with Crippen LogP contribution in [0.4, 0.5) is 0 Å². The molecule has 0 amide bonds. The SMILES string of the molecule is CNCc1cc(Br)c2c(c1)ncn2C. The number of hydrogen-bond acceptors (Lipinski definition) is 2. The van der Waals surface area contributed by atoms with Crippen LogP contribution >= 0.6 is 15.9 Å². The number of fused-ring (bicyclic) bond motifs is 1. The second kappa shape index (κ2) is 3.71. The molecule has 0 unspecified atom stereocenters. The average Bonchev–Trinajstić information content (AvgIpc) is 2.48. The molecule has 0 aliphatic heterocycles. The standard InChI is InChI=1S/C10H12BrN3/c1-12-5-7-3-8(11)10-9(4-7)13-6-14(10)2/h3-4,6,12H,5H2,1-2H3. The van der Waals surface area contributed by atoms with Crippen LogP contribution in [0.5, 0.6) is 0 Å². The Morgan fingerprint density at radius 2 is 2.29 bits per heavy atom. The minimum absolute atomic E-state index is 0.866. The summed E-state index contributed by atoms with van der Waals surface area (Å²) in [7, 11) is 3.94. The summed E-state index contributed by atoms with van der Waals surface area (Å²) in [6, 6.07) is 4.23. The number of imidazole rings is 1. The van der Waals surface area contributed by atoms with Gasteiger partial charge in [-0.15, -0.1) is 0 Å². The zero-order valence-corrected chi connectivity index (χ0v) is 9.80. The maximum atomic E-state index is 4.33. The summed E-state index contributed by atoms with van der Waals surface area (Å²) in [6.07, 6.45) is 1.83. The molecule has 1 aromatic heterocycles. The summed E-state index contributed by atoms with van der Waals surface area (Å²) < 4.78 is 3.11. The molecule has 1 N–H and O–H groups in total. The Morgan fingerprint density at radius 1 is 1.50 bits per heavy atom. The van der Waals surface area contributed by atoms with Crippen molar-refractivity contribution in [3.63, 3.8) is 0 Å². The van der Waals surface area contributed by atoms with Gasteiger partial charge < -0.3 is 9.88 Å². The van der Waals surface area contributed by atoms with Crippen molar-refractivity contribution in [3.8, 4) is 0 Å². The van der Waals surface area contributed by atoms with Crippen molar-refractivity contribution in [3.05, 3.63) is 28.5 Å². The quantitative estimate of drug-likeness (QED) is 0.888. The first-order valence-corrected chi connectivity index (χ1v) is 5.25. The summed E-state index contributed by atoms with van der Waals surface area (Å²) in [4.78, 5) is 4.33. The first kappa shape index (κ1) is 9.68. The average molecular weight is 254 g/mol. The first-order chi connectivity index (χ1) is 6.72. The van der Waals surface area contributed by atoms with Crippen molar-refractivity contribution >= 4 is 27.0 Å². The number of rotatable bonds is 2. The Hall–Kier alpha value is -0.870. The highest BCUT2D eigenvalue weighted by molar-refractivity contribution is 9.10. The molecule has 0 spiro atoms. The van der Waals surface area contributed by atoms with Crippen LogP contribution in [0.25, 0.3) is 11.0 Å². The van der Waals surface area contributed by atoms with E-state index in [0.29, 0.717) is 0 Å². The Balaban J connectivity index is 2.62. The maximum Gasteiger partial charge on any atom is 0.0955 e. The van der Waals surface area contributed by atoms with Gasteiger partial charge in [0.25, 0.3) is 0 Å². The molecule has 1 heterocycles. The predicted molar refractivity (Wildman–Crippen MR) is 61.2 cm³/mol. The highest BCUT2D eigenvalue weighted by atomic mass is 79.9. The highest BCUT2D eigenvalue weighted by Crippen LogP contribution is 2.24. The number of nitrogens with zero attached hydrogens (tertiary/aromatic N) is 2. The van der Waals surface area contributed by atoms with Gasteiger partial charge in [-0.05, 0) is 40.7 Å². The van der Waals surface area contributed by atoms with E-state index < -0.39 is 0 Å². The third-order valence-electron chi connectivity index (χ3n) is 2.21. The van der Waals surface area contributed by atoms with Crippen LogP contribution in [-0.2, 0) is 13.6 Å². The molecule has 0 atom stereocenters. The molecule has 3 nitrogen and oxygen atoms in total. The molecule has 4 heteroatoms. The van der Waals surface area contributed by atoms with Crippen LogP contribution in [0.3, 0.4) is 0 Å². The van der Waals surface area contributed by atoms with E-state index in [1.165, 1.54) is 5.56 Å². The molecule has 2 rings (SSSR count). The predicted octanol–water partition coefficient (Wildman–Crippen LogP) is 2.06. The zero-order valence-electron chi connectivity index (χ0n) is 8.21. The van der Waals surface area contributed by atoms with Crippen molar-refractivity contribution in [1.29, 1.82) is 0 Å². The summed E-state index contributed by atoms with van der Waals surface area (Å²) >= 11 is 3.56. The molecule has 2 aromatic rings. The number of aromatic nitrogens is 2. The minimum atomic E-state index is 0.866. The van der Waals surface area contributed by atoms with Gasteiger partial charge in [0.05, 0.1) is 17.4 Å². The van der Waals surface area contributed by atoms with Gasteiger partial charge in [0, 0.05) is 18.1 Å². The number of nitrogens with one attached hydrogen (secondary N) is 1. The van der Waals surface area contributed by atoms with Crippen LogP contribution in [0.15, 0.2) is 22.9 Å². The number of aryl methyl sites for hydroxylation is 1. The van der Waals surface area contributed by atoms with Gasteiger partial charge in [-0.3, -0.25) is 0 Å². The van der Waals surface area contributed by atoms with E-state index >= 15 is 0 Å². The molecule has 0 aliphatic rings. The Bertz CT molecular complexity index is 462. The van der Waals surface area contributed by atoms with Crippen molar-refractivity contribution in [2.75, 3.05) is 7.05 Å². The fourth-order valence-corrected chi connectivity index (χ4v) is 2.38. The largest absolute Gasteiger partial charge is 0.333 e. The topological polar surface area (TPSA) is 29.9 Å². The molecular formula is C10H12BrN3. The fourth-order valence-electron chi connectivity index (χ4n) is 1.60. The smallest absolute Gasteiger partial charge is 0.0955 e. The molecule has 0 saturated carbocycles. The maximum absolute atomic E-state index is 4.33. The van der Waals surface area contributed by atoms with Gasteiger partial charge in [0.15, 0.2) is 0 Å². The lowest BCUT2D eigenvalue weighted by Crippen LogP contribution is -2.04. The third-order valence-corrected chi connectivity index (χ3v) is 2.81. The van der Waals surface area contributed by atoms with Crippen LogP contribution in [0.1, 0.15) is 5.56 Å². The van der Waals surface area contributed by atoms with Crippen molar-refractivity contribution in [2.45, 2.75) is 6.54 Å². The van der Waals surface area contributed by atoms with Gasteiger partial charge in [0.1, 0.15) is 0 Å². The molecule has 0 saturated heterocycles. The van der Waals surface area contributed by atoms with Crippen LogP contribution in [0.2, 0.25) is 0 Å². The monoisotopic (exact) mass is 253 g/mol. The molecule has 74 valence electrons. The van der Waals surface area contributed by atoms with E-state index in [9.17, 15) is 0 Å². The van der Waals surface area contributed by atoms with Gasteiger partial charge in [-0.25, -0.2) is 4.98 Å². The molecule has 0 fully saturated rings. The summed E-state index contributed by atoms with van der Waals surface area (Å²) in [5, 5.41) is 3.13. The minimum Gasteiger partial charge on any atom is -0.333 e. The summed E-state index contributed by atoms with van der Waals surface area (Å²) in [6.45, 7) is 0.866. The van der Waals surface area contributed by atoms with Gasteiger partial charge in [0.2, 0.25) is 0 Å². The van der Waals surface area contributed by atoms with Gasteiger partial charge >= 0.3 is 0 Å². The van der Waals surface area contributed by atoms with Crippen molar-refractivity contribution in [2.24, 2.45) is 7.05 Å². The number of benzene rings is 1. The number of hydrogen-bond donors (Lipinski definition) is 1. The molecular weight excluding hydrogens is 242 g/mol. The second-order valence-corrected chi connectivity index (χ2v) is 4.19. The Morgan fingerprint density at radius 3 is 3.00 bits per heavy atom. The van der Waals surface area contributed by atoms with Gasteiger partial charge in [-0.1, -0.05) is 0 Å². The number of halogens is 1. The van der Waals surface area contributed by atoms with Crippen LogP contribution in [-0.4, -0.2) is 16.6 Å². The lowest BCUT2D eigenvalue weighted by atomic mass is 10.2. The van der Waals surface area contributed by atoms with Crippen LogP contribution < -0.4 is 5.32 Å². The second-order valence-electron chi connectivity index (χ2n) is 3.33. The van der Waals surface area contributed by atoms with E-state index in [1.54, 1.807) is 0 Å². The normalized spacial score (nSPS) is 11.1. The van der Waals surface area contributed by atoms with E-state index in [4.69, 9.17) is 0 Å². The van der Waals surface area contributed by atoms with Crippen molar-refractivity contribution < 1.29 is 0 Å². The summed E-state index contributed by atoms with van der Waals surface area (Å²) in [5.74, 6) is 0. The third kappa shape index (κ3) is 1.55. The zero-order chi connectivity index (χ0) is 10.1. The molecule has 14 heavy (non-hydrogen) atoms. The highest BCUT2D eigenvalue weighted by Gasteiger charge is 2.05. The van der Waals surface area contributed by atoms with E-state index in [-0.39, 0.29) is 0 Å². The Kier molecular flexibility index (Phi) is 2.56. The lowest BCUT2D eigenvalue weighted by Gasteiger charge is -2.03. The van der Waals surface area contributed by atoms with E-state index in [0.717, 1.165) is 22.1 Å².